The Hall–Kier alpha value is -2.10. The molecule has 4 heteroatoms. The van der Waals surface area contributed by atoms with Crippen molar-refractivity contribution in [1.29, 1.82) is 0 Å². The zero-order valence-electron chi connectivity index (χ0n) is 21.3. The minimum atomic E-state index is -0.102. The highest BCUT2D eigenvalue weighted by Crippen LogP contribution is 2.37. The molecule has 33 heavy (non-hydrogen) atoms. The van der Waals surface area contributed by atoms with E-state index in [0.29, 0.717) is 25.7 Å². The normalized spacial score (nSPS) is 17.4. The van der Waals surface area contributed by atoms with E-state index in [0.717, 1.165) is 60.8 Å². The molecule has 0 saturated carbocycles. The molecule has 0 aromatic heterocycles. The molecule has 1 aromatic rings. The number of hydrogen-bond acceptors (Lipinski definition) is 4. The molecule has 2 rings (SSSR count). The second-order valence-corrected chi connectivity index (χ2v) is 10.0. The van der Waals surface area contributed by atoms with Gasteiger partial charge in [0.2, 0.25) is 0 Å². The summed E-state index contributed by atoms with van der Waals surface area (Å²) in [5.41, 5.74) is 4.11. The first kappa shape index (κ1) is 27.1. The molecule has 0 spiro atoms. The van der Waals surface area contributed by atoms with Crippen molar-refractivity contribution in [2.75, 3.05) is 0 Å². The van der Waals surface area contributed by atoms with Crippen LogP contribution in [0.3, 0.4) is 0 Å². The van der Waals surface area contributed by atoms with Gasteiger partial charge in [0.05, 0.1) is 6.42 Å². The first-order valence-corrected chi connectivity index (χ1v) is 12.9. The van der Waals surface area contributed by atoms with Gasteiger partial charge in [-0.15, -0.1) is 0 Å². The van der Waals surface area contributed by atoms with Crippen molar-refractivity contribution in [3.8, 4) is 0 Å². The summed E-state index contributed by atoms with van der Waals surface area (Å²) in [6, 6.07) is 4.18. The fourth-order valence-electron chi connectivity index (χ4n) is 5.71. The van der Waals surface area contributed by atoms with Gasteiger partial charge in [0.25, 0.3) is 0 Å². The van der Waals surface area contributed by atoms with Crippen molar-refractivity contribution >= 4 is 23.1 Å². The first-order valence-electron chi connectivity index (χ1n) is 12.9. The number of rotatable bonds is 14. The van der Waals surface area contributed by atoms with Gasteiger partial charge in [0.15, 0.2) is 5.78 Å². The second kappa shape index (κ2) is 13.0. The number of fused-ring (bicyclic) bond motifs is 1. The molecule has 0 radical (unpaired) electrons. The van der Waals surface area contributed by atoms with E-state index in [1.807, 2.05) is 20.8 Å². The summed E-state index contributed by atoms with van der Waals surface area (Å²) < 4.78 is 0. The second-order valence-electron chi connectivity index (χ2n) is 10.0. The number of Topliss-reactive ketones (excluding diaryl/α,β-unsaturated/α-hetero) is 4. The first-order chi connectivity index (χ1) is 15.7. The smallest absolute Gasteiger partial charge is 0.163 e. The van der Waals surface area contributed by atoms with Crippen molar-refractivity contribution in [2.24, 2.45) is 17.8 Å². The Bertz CT molecular complexity index is 867. The average Bonchev–Trinajstić information content (AvgIpc) is 2.73. The SMILES string of the molecule is CCCC(=O)CCc1ccc2c(c1C)C(=O)CC(CC(CCC)C(CC)C(=O)CC(C)=O)C2. The lowest BCUT2D eigenvalue weighted by Gasteiger charge is -2.32. The Labute approximate surface area is 199 Å². The minimum Gasteiger partial charge on any atom is -0.300 e. The van der Waals surface area contributed by atoms with Gasteiger partial charge >= 0.3 is 0 Å². The van der Waals surface area contributed by atoms with Crippen molar-refractivity contribution in [2.45, 2.75) is 105 Å². The van der Waals surface area contributed by atoms with E-state index in [2.05, 4.69) is 19.1 Å². The zero-order chi connectivity index (χ0) is 24.5. The molecule has 0 heterocycles. The van der Waals surface area contributed by atoms with Crippen LogP contribution in [0.25, 0.3) is 0 Å². The van der Waals surface area contributed by atoms with E-state index >= 15 is 0 Å². The van der Waals surface area contributed by atoms with Crippen molar-refractivity contribution in [3.63, 3.8) is 0 Å². The van der Waals surface area contributed by atoms with Gasteiger partial charge < -0.3 is 0 Å². The molecule has 1 aromatic carbocycles. The largest absolute Gasteiger partial charge is 0.300 e. The van der Waals surface area contributed by atoms with Crippen LogP contribution >= 0.6 is 0 Å². The fourth-order valence-corrected chi connectivity index (χ4v) is 5.71. The monoisotopic (exact) mass is 454 g/mol. The van der Waals surface area contributed by atoms with Crippen LogP contribution in [-0.2, 0) is 27.2 Å². The van der Waals surface area contributed by atoms with Crippen LogP contribution < -0.4 is 0 Å². The predicted octanol–water partition coefficient (Wildman–Crippen LogP) is 6.42. The molecule has 1 aliphatic rings. The molecule has 0 fully saturated rings. The summed E-state index contributed by atoms with van der Waals surface area (Å²) in [5.74, 6) is 0.817. The van der Waals surface area contributed by atoms with E-state index in [-0.39, 0.29) is 47.3 Å². The number of ketones is 4. The highest BCUT2D eigenvalue weighted by Gasteiger charge is 2.33. The maximum atomic E-state index is 13.2. The average molecular weight is 455 g/mol. The zero-order valence-corrected chi connectivity index (χ0v) is 21.3. The summed E-state index contributed by atoms with van der Waals surface area (Å²) in [5, 5.41) is 0. The summed E-state index contributed by atoms with van der Waals surface area (Å²) in [6.45, 7) is 9.68. The van der Waals surface area contributed by atoms with Crippen molar-refractivity contribution in [3.05, 3.63) is 34.4 Å². The summed E-state index contributed by atoms with van der Waals surface area (Å²) in [7, 11) is 0. The molecule has 0 saturated heterocycles. The highest BCUT2D eigenvalue weighted by molar-refractivity contribution is 6.00. The minimum absolute atomic E-state index is 0.0217. The Morgan fingerprint density at radius 3 is 2.36 bits per heavy atom. The van der Waals surface area contributed by atoms with Crippen LogP contribution in [0.2, 0.25) is 0 Å². The van der Waals surface area contributed by atoms with Crippen LogP contribution in [0.1, 0.15) is 113 Å². The van der Waals surface area contributed by atoms with Gasteiger partial charge in [0, 0.05) is 30.7 Å². The summed E-state index contributed by atoms with van der Waals surface area (Å²) in [4.78, 5) is 49.4. The molecule has 3 unspecified atom stereocenters. The van der Waals surface area contributed by atoms with E-state index in [9.17, 15) is 19.2 Å². The van der Waals surface area contributed by atoms with Gasteiger partial charge in [-0.1, -0.05) is 45.7 Å². The Kier molecular flexibility index (Phi) is 10.7. The van der Waals surface area contributed by atoms with E-state index in [1.54, 1.807) is 0 Å². The molecule has 4 nitrogen and oxygen atoms in total. The van der Waals surface area contributed by atoms with Crippen molar-refractivity contribution in [1.82, 2.24) is 0 Å². The molecule has 0 amide bonds. The third-order valence-corrected chi connectivity index (χ3v) is 7.27. The number of benzene rings is 1. The van der Waals surface area contributed by atoms with E-state index in [1.165, 1.54) is 6.92 Å². The lowest BCUT2D eigenvalue weighted by molar-refractivity contribution is -0.130. The molecule has 182 valence electrons. The lowest BCUT2D eigenvalue weighted by atomic mass is 9.72. The van der Waals surface area contributed by atoms with Crippen molar-refractivity contribution < 1.29 is 19.2 Å². The Balaban J connectivity index is 2.16. The molecule has 3 atom stereocenters. The van der Waals surface area contributed by atoms with Gasteiger partial charge in [-0.05, 0) is 74.5 Å². The third kappa shape index (κ3) is 7.45. The lowest BCUT2D eigenvalue weighted by Crippen LogP contribution is -2.30. The van der Waals surface area contributed by atoms with Gasteiger partial charge in [0.1, 0.15) is 17.3 Å². The van der Waals surface area contributed by atoms with Gasteiger partial charge in [-0.2, -0.15) is 0 Å². The number of carbonyl (C=O) groups excluding carboxylic acids is 4. The molecular formula is C29H42O4. The van der Waals surface area contributed by atoms with E-state index < -0.39 is 0 Å². The third-order valence-electron chi connectivity index (χ3n) is 7.27. The summed E-state index contributed by atoms with van der Waals surface area (Å²) in [6.07, 6.45) is 7.66. The maximum Gasteiger partial charge on any atom is 0.163 e. The number of carbonyl (C=O) groups is 4. The highest BCUT2D eigenvalue weighted by atomic mass is 16.1. The molecular weight excluding hydrogens is 412 g/mol. The predicted molar refractivity (Wildman–Crippen MR) is 133 cm³/mol. The van der Waals surface area contributed by atoms with Gasteiger partial charge in [-0.3, -0.25) is 19.2 Å². The maximum absolute atomic E-state index is 13.2. The summed E-state index contributed by atoms with van der Waals surface area (Å²) >= 11 is 0. The van der Waals surface area contributed by atoms with Crippen LogP contribution in [-0.4, -0.2) is 23.1 Å². The molecule has 0 aliphatic heterocycles. The van der Waals surface area contributed by atoms with E-state index in [4.69, 9.17) is 0 Å². The number of aryl methyl sites for hydroxylation is 1. The fraction of sp³-hybridized carbons (Fsp3) is 0.655. The Morgan fingerprint density at radius 2 is 1.76 bits per heavy atom. The quantitative estimate of drug-likeness (QED) is 0.304. The van der Waals surface area contributed by atoms with Crippen LogP contribution in [0, 0.1) is 24.7 Å². The molecule has 0 N–H and O–H groups in total. The topological polar surface area (TPSA) is 68.3 Å². The van der Waals surface area contributed by atoms with Gasteiger partial charge in [-0.25, -0.2) is 0 Å². The Morgan fingerprint density at radius 1 is 1.03 bits per heavy atom. The molecule has 0 bridgehead atoms. The molecule has 1 aliphatic carbocycles. The van der Waals surface area contributed by atoms with Crippen LogP contribution in [0.5, 0.6) is 0 Å². The van der Waals surface area contributed by atoms with Crippen LogP contribution in [0.15, 0.2) is 12.1 Å². The van der Waals surface area contributed by atoms with Crippen LogP contribution in [0.4, 0.5) is 0 Å². The number of hydrogen-bond donors (Lipinski definition) is 0. The standard InChI is InChI=1S/C29H42O4/c1-6-9-23(26(8-3)27(32)15-19(4)30)16-21-17-24-12-11-22(13-14-25(31)10-7-2)20(5)29(24)28(33)18-21/h11-12,21,23,26H,6-10,13-18H2,1-5H3.